The highest BCUT2D eigenvalue weighted by molar-refractivity contribution is 5.32. The molecule has 0 radical (unpaired) electrons. The first-order valence-electron chi connectivity index (χ1n) is 4.60. The molecular weight excluding hydrogens is 160 g/mol. The highest BCUT2D eigenvalue weighted by Gasteiger charge is 2.17. The maximum atomic E-state index is 8.65. The molecule has 0 unspecified atom stereocenters. The molecular formula is C11H12N2. The van der Waals surface area contributed by atoms with Crippen LogP contribution in [0.25, 0.3) is 0 Å². The highest BCUT2D eigenvalue weighted by Crippen LogP contribution is 2.24. The second kappa shape index (κ2) is 3.59. The van der Waals surface area contributed by atoms with Gasteiger partial charge in [0.2, 0.25) is 0 Å². The predicted octanol–water partition coefficient (Wildman–Crippen LogP) is 1.79. The summed E-state index contributed by atoms with van der Waals surface area (Å²) in [6.45, 7) is 0.989. The zero-order chi connectivity index (χ0) is 9.10. The summed E-state index contributed by atoms with van der Waals surface area (Å²) in [5, 5.41) is 12.0. The third kappa shape index (κ3) is 1.56. The van der Waals surface area contributed by atoms with Gasteiger partial charge in [-0.2, -0.15) is 5.26 Å². The monoisotopic (exact) mass is 172 g/mol. The summed E-state index contributed by atoms with van der Waals surface area (Å²) in [7, 11) is 0. The van der Waals surface area contributed by atoms with Gasteiger partial charge in [0, 0.05) is 6.04 Å². The molecule has 0 amide bonds. The third-order valence-corrected chi connectivity index (χ3v) is 2.51. The van der Waals surface area contributed by atoms with Crippen LogP contribution in [0, 0.1) is 11.3 Å². The lowest BCUT2D eigenvalue weighted by molar-refractivity contribution is 0.513. The van der Waals surface area contributed by atoms with Crippen LogP contribution in [0.15, 0.2) is 24.3 Å². The Morgan fingerprint density at radius 3 is 3.15 bits per heavy atom. The second-order valence-electron chi connectivity index (χ2n) is 3.32. The quantitative estimate of drug-likeness (QED) is 0.701. The van der Waals surface area contributed by atoms with E-state index >= 15 is 0 Å². The summed E-state index contributed by atoms with van der Waals surface area (Å²) in [6.07, 6.45) is 1.65. The molecule has 2 heteroatoms. The first kappa shape index (κ1) is 8.28. The molecule has 1 aliphatic heterocycles. The van der Waals surface area contributed by atoms with Gasteiger partial charge in [0.15, 0.2) is 0 Å². The number of rotatable bonds is 1. The van der Waals surface area contributed by atoms with Crippen LogP contribution >= 0.6 is 0 Å². The molecule has 0 saturated heterocycles. The second-order valence-corrected chi connectivity index (χ2v) is 3.32. The fraction of sp³-hybridized carbons (Fsp3) is 0.364. The van der Waals surface area contributed by atoms with Gasteiger partial charge in [0.25, 0.3) is 0 Å². The van der Waals surface area contributed by atoms with Crippen molar-refractivity contribution in [3.05, 3.63) is 35.4 Å². The fourth-order valence-electron chi connectivity index (χ4n) is 1.87. The lowest BCUT2D eigenvalue weighted by Gasteiger charge is -2.24. The standard InChI is InChI=1S/C11H12N2/c12-7-5-11-10-4-2-1-3-9(10)6-8-13-11/h1-4,11,13H,5-6,8H2/t11-/m0/s1. The Bertz CT molecular complexity index is 338. The third-order valence-electron chi connectivity index (χ3n) is 2.51. The van der Waals surface area contributed by atoms with E-state index in [1.54, 1.807) is 0 Å². The molecule has 0 saturated carbocycles. The van der Waals surface area contributed by atoms with Gasteiger partial charge in [-0.25, -0.2) is 0 Å². The first-order valence-corrected chi connectivity index (χ1v) is 4.60. The number of benzene rings is 1. The van der Waals surface area contributed by atoms with Crippen LogP contribution in [0.5, 0.6) is 0 Å². The Morgan fingerprint density at radius 2 is 2.31 bits per heavy atom. The Hall–Kier alpha value is -1.33. The van der Waals surface area contributed by atoms with E-state index in [0.717, 1.165) is 13.0 Å². The number of nitrogens with zero attached hydrogens (tertiary/aromatic N) is 1. The Labute approximate surface area is 78.2 Å². The van der Waals surface area contributed by atoms with Gasteiger partial charge in [-0.1, -0.05) is 24.3 Å². The van der Waals surface area contributed by atoms with E-state index in [4.69, 9.17) is 5.26 Å². The van der Waals surface area contributed by atoms with Gasteiger partial charge in [-0.3, -0.25) is 0 Å². The summed E-state index contributed by atoms with van der Waals surface area (Å²) < 4.78 is 0. The smallest absolute Gasteiger partial charge is 0.0641 e. The summed E-state index contributed by atoms with van der Waals surface area (Å²) >= 11 is 0. The summed E-state index contributed by atoms with van der Waals surface area (Å²) in [5.74, 6) is 0. The molecule has 0 bridgehead atoms. The average Bonchev–Trinajstić information content (AvgIpc) is 2.19. The average molecular weight is 172 g/mol. The van der Waals surface area contributed by atoms with Crippen molar-refractivity contribution in [2.24, 2.45) is 0 Å². The van der Waals surface area contributed by atoms with Gasteiger partial charge in [-0.05, 0) is 24.1 Å². The lowest BCUT2D eigenvalue weighted by Crippen LogP contribution is -2.29. The molecule has 1 aromatic carbocycles. The van der Waals surface area contributed by atoms with Crippen LogP contribution in [-0.4, -0.2) is 6.54 Å². The molecule has 0 aliphatic carbocycles. The van der Waals surface area contributed by atoms with Gasteiger partial charge in [0.1, 0.15) is 0 Å². The molecule has 1 N–H and O–H groups in total. The van der Waals surface area contributed by atoms with Crippen LogP contribution in [0.4, 0.5) is 0 Å². The summed E-state index contributed by atoms with van der Waals surface area (Å²) in [4.78, 5) is 0. The number of nitrogens with one attached hydrogen (secondary N) is 1. The molecule has 0 spiro atoms. The van der Waals surface area contributed by atoms with Crippen molar-refractivity contribution in [2.45, 2.75) is 18.9 Å². The van der Waals surface area contributed by atoms with Gasteiger partial charge < -0.3 is 5.32 Å². The minimum Gasteiger partial charge on any atom is -0.309 e. The SMILES string of the molecule is N#CC[C@@H]1NCCc2ccccc21. The molecule has 1 atom stereocenters. The van der Waals surface area contributed by atoms with Crippen molar-refractivity contribution in [1.82, 2.24) is 5.32 Å². The van der Waals surface area contributed by atoms with Crippen molar-refractivity contribution in [3.8, 4) is 6.07 Å². The molecule has 1 heterocycles. The maximum Gasteiger partial charge on any atom is 0.0641 e. The lowest BCUT2D eigenvalue weighted by atomic mass is 9.93. The van der Waals surface area contributed by atoms with Crippen LogP contribution < -0.4 is 5.32 Å². The molecule has 2 rings (SSSR count). The summed E-state index contributed by atoms with van der Waals surface area (Å²) in [6, 6.07) is 10.8. The Morgan fingerprint density at radius 1 is 1.46 bits per heavy atom. The normalized spacial score (nSPS) is 20.4. The largest absolute Gasteiger partial charge is 0.309 e. The van der Waals surface area contributed by atoms with E-state index in [1.807, 2.05) is 6.07 Å². The van der Waals surface area contributed by atoms with Gasteiger partial charge in [-0.15, -0.1) is 0 Å². The van der Waals surface area contributed by atoms with Crippen molar-refractivity contribution < 1.29 is 0 Å². The number of fused-ring (bicyclic) bond motifs is 1. The van der Waals surface area contributed by atoms with Crippen molar-refractivity contribution in [1.29, 1.82) is 5.26 Å². The fourth-order valence-corrected chi connectivity index (χ4v) is 1.87. The van der Waals surface area contributed by atoms with Crippen LogP contribution in [-0.2, 0) is 6.42 Å². The number of hydrogen-bond acceptors (Lipinski definition) is 2. The van der Waals surface area contributed by atoms with Crippen molar-refractivity contribution >= 4 is 0 Å². The molecule has 0 aromatic heterocycles. The molecule has 0 fully saturated rings. The van der Waals surface area contributed by atoms with Gasteiger partial charge in [0.05, 0.1) is 12.5 Å². The van der Waals surface area contributed by atoms with Crippen LogP contribution in [0.1, 0.15) is 23.6 Å². The predicted molar refractivity (Wildman–Crippen MR) is 51.1 cm³/mol. The minimum atomic E-state index is 0.245. The molecule has 1 aliphatic rings. The van der Waals surface area contributed by atoms with E-state index in [-0.39, 0.29) is 6.04 Å². The minimum absolute atomic E-state index is 0.245. The first-order chi connectivity index (χ1) is 6.42. The van der Waals surface area contributed by atoms with Crippen LogP contribution in [0.3, 0.4) is 0 Å². The number of hydrogen-bond donors (Lipinski definition) is 1. The highest BCUT2D eigenvalue weighted by atomic mass is 14.9. The van der Waals surface area contributed by atoms with E-state index in [1.165, 1.54) is 11.1 Å². The maximum absolute atomic E-state index is 8.65. The summed E-state index contributed by atoms with van der Waals surface area (Å²) in [5.41, 5.74) is 2.69. The zero-order valence-electron chi connectivity index (χ0n) is 7.46. The van der Waals surface area contributed by atoms with Crippen molar-refractivity contribution in [3.63, 3.8) is 0 Å². The molecule has 66 valence electrons. The van der Waals surface area contributed by atoms with Crippen molar-refractivity contribution in [2.75, 3.05) is 6.54 Å². The zero-order valence-corrected chi connectivity index (χ0v) is 7.46. The Kier molecular flexibility index (Phi) is 2.29. The molecule has 2 nitrogen and oxygen atoms in total. The van der Waals surface area contributed by atoms with E-state index in [0.29, 0.717) is 6.42 Å². The molecule has 1 aromatic rings. The number of nitriles is 1. The Balaban J connectivity index is 2.32. The topological polar surface area (TPSA) is 35.8 Å². The van der Waals surface area contributed by atoms with E-state index in [2.05, 4.69) is 29.6 Å². The van der Waals surface area contributed by atoms with E-state index < -0.39 is 0 Å². The van der Waals surface area contributed by atoms with Crippen LogP contribution in [0.2, 0.25) is 0 Å². The van der Waals surface area contributed by atoms with E-state index in [9.17, 15) is 0 Å². The molecule has 13 heavy (non-hydrogen) atoms. The van der Waals surface area contributed by atoms with Gasteiger partial charge >= 0.3 is 0 Å².